The van der Waals surface area contributed by atoms with Crippen LogP contribution in [0, 0.1) is 23.7 Å². The molecule has 3 aliphatic carbocycles. The maximum absolute atomic E-state index is 11.7. The van der Waals surface area contributed by atoms with Crippen LogP contribution in [0.25, 0.3) is 0 Å². The van der Waals surface area contributed by atoms with Crippen molar-refractivity contribution in [3.8, 4) is 0 Å². The lowest BCUT2D eigenvalue weighted by Crippen LogP contribution is -2.55. The van der Waals surface area contributed by atoms with Crippen molar-refractivity contribution in [1.82, 2.24) is 0 Å². The van der Waals surface area contributed by atoms with Crippen molar-refractivity contribution in [2.75, 3.05) is 0 Å². The highest BCUT2D eigenvalue weighted by Gasteiger charge is 2.64. The van der Waals surface area contributed by atoms with Gasteiger partial charge in [-0.25, -0.2) is 0 Å². The molecule has 1 aromatic rings. The highest BCUT2D eigenvalue weighted by molar-refractivity contribution is 5.45. The largest absolute Gasteiger partial charge is 0.385 e. The molecule has 2 N–H and O–H groups in total. The first kappa shape index (κ1) is 14.9. The normalized spacial score (nSPS) is 43.0. The fourth-order valence-corrected chi connectivity index (χ4v) is 5.65. The van der Waals surface area contributed by atoms with Crippen LogP contribution in [0.4, 0.5) is 0 Å². The van der Waals surface area contributed by atoms with Crippen molar-refractivity contribution in [2.45, 2.75) is 30.5 Å². The van der Waals surface area contributed by atoms with E-state index in [1.54, 1.807) is 12.2 Å². The van der Waals surface area contributed by atoms with E-state index in [9.17, 15) is 10.2 Å². The van der Waals surface area contributed by atoms with E-state index in [-0.39, 0.29) is 11.8 Å². The molecule has 2 heteroatoms. The molecule has 0 aromatic heterocycles. The van der Waals surface area contributed by atoms with Crippen molar-refractivity contribution in [3.63, 3.8) is 0 Å². The van der Waals surface area contributed by atoms with E-state index in [1.165, 1.54) is 0 Å². The van der Waals surface area contributed by atoms with Crippen LogP contribution in [0.3, 0.4) is 0 Å². The van der Waals surface area contributed by atoms with Gasteiger partial charge in [-0.2, -0.15) is 0 Å². The Balaban J connectivity index is 1.99. The number of aliphatic hydroxyl groups is 2. The standard InChI is InChI=1S/C21H24O2/c1-3-11-20(22)16-7-5-6-8-17(16)21(23,12-4-2)19-15-10-9-14(13-15)18(19)20/h3-10,14-15,18-19,22-23H,1-2,11-13H2/t14-,15+,18-,19+,20+,21-. The lowest BCUT2D eigenvalue weighted by Gasteiger charge is -2.54. The van der Waals surface area contributed by atoms with Gasteiger partial charge < -0.3 is 10.2 Å². The summed E-state index contributed by atoms with van der Waals surface area (Å²) < 4.78 is 0. The number of hydrogen-bond acceptors (Lipinski definition) is 2. The molecule has 1 aromatic carbocycles. The van der Waals surface area contributed by atoms with Crippen LogP contribution in [0.2, 0.25) is 0 Å². The smallest absolute Gasteiger partial charge is 0.0972 e. The SMILES string of the molecule is C=CC[C@@]1(O)c2ccccc2[C@@](O)(CC=C)[C@H]2[C@@H]1[C@H]1C=C[C@@H]2C1. The number of rotatable bonds is 4. The van der Waals surface area contributed by atoms with Crippen LogP contribution < -0.4 is 0 Å². The van der Waals surface area contributed by atoms with E-state index in [2.05, 4.69) is 25.3 Å². The molecule has 120 valence electrons. The first-order chi connectivity index (χ1) is 11.1. The summed E-state index contributed by atoms with van der Waals surface area (Å²) in [5.74, 6) is 0.741. The average Bonchev–Trinajstić information content (AvgIpc) is 3.16. The van der Waals surface area contributed by atoms with E-state index in [0.29, 0.717) is 24.7 Å². The Morgan fingerprint density at radius 3 is 1.74 bits per heavy atom. The number of benzene rings is 1. The summed E-state index contributed by atoms with van der Waals surface area (Å²) in [5, 5.41) is 23.3. The lowest BCUT2D eigenvalue weighted by molar-refractivity contribution is -0.143. The van der Waals surface area contributed by atoms with Crippen molar-refractivity contribution in [3.05, 3.63) is 72.9 Å². The van der Waals surface area contributed by atoms with Gasteiger partial charge in [-0.3, -0.25) is 0 Å². The molecule has 2 bridgehead atoms. The Hall–Kier alpha value is -1.64. The minimum atomic E-state index is -0.944. The summed E-state index contributed by atoms with van der Waals surface area (Å²) in [6.07, 6.45) is 10.2. The van der Waals surface area contributed by atoms with Crippen LogP contribution in [-0.4, -0.2) is 10.2 Å². The molecule has 1 saturated carbocycles. The quantitative estimate of drug-likeness (QED) is 0.833. The van der Waals surface area contributed by atoms with Gasteiger partial charge in [0.15, 0.2) is 0 Å². The van der Waals surface area contributed by atoms with Crippen molar-refractivity contribution < 1.29 is 10.2 Å². The van der Waals surface area contributed by atoms with Gasteiger partial charge in [-0.1, -0.05) is 48.6 Å². The van der Waals surface area contributed by atoms with Crippen molar-refractivity contribution >= 4 is 0 Å². The molecule has 0 aliphatic heterocycles. The van der Waals surface area contributed by atoms with E-state index in [4.69, 9.17) is 0 Å². The molecule has 3 aliphatic rings. The molecular weight excluding hydrogens is 284 g/mol. The van der Waals surface area contributed by atoms with Gasteiger partial charge in [0, 0.05) is 11.8 Å². The molecular formula is C21H24O2. The second-order valence-corrected chi connectivity index (χ2v) is 7.38. The highest BCUT2D eigenvalue weighted by atomic mass is 16.3. The lowest BCUT2D eigenvalue weighted by atomic mass is 9.55. The molecule has 0 heterocycles. The van der Waals surface area contributed by atoms with E-state index < -0.39 is 11.2 Å². The van der Waals surface area contributed by atoms with Crippen molar-refractivity contribution in [2.24, 2.45) is 23.7 Å². The molecule has 6 atom stereocenters. The van der Waals surface area contributed by atoms with Crippen LogP contribution in [-0.2, 0) is 11.2 Å². The van der Waals surface area contributed by atoms with Crippen molar-refractivity contribution in [1.29, 1.82) is 0 Å². The fourth-order valence-electron chi connectivity index (χ4n) is 5.65. The van der Waals surface area contributed by atoms with Gasteiger partial charge in [-0.15, -0.1) is 13.2 Å². The second-order valence-electron chi connectivity index (χ2n) is 7.38. The summed E-state index contributed by atoms with van der Waals surface area (Å²) in [5.41, 5.74) is -0.154. The van der Waals surface area contributed by atoms with E-state index in [0.717, 1.165) is 17.5 Å². The van der Waals surface area contributed by atoms with E-state index >= 15 is 0 Å². The van der Waals surface area contributed by atoms with Gasteiger partial charge in [0.1, 0.15) is 0 Å². The Kier molecular flexibility index (Phi) is 3.20. The first-order valence-electron chi connectivity index (χ1n) is 8.51. The summed E-state index contributed by atoms with van der Waals surface area (Å²) in [7, 11) is 0. The fraction of sp³-hybridized carbons (Fsp3) is 0.429. The van der Waals surface area contributed by atoms with Crippen LogP contribution in [0.15, 0.2) is 61.7 Å². The third kappa shape index (κ3) is 1.76. The molecule has 4 rings (SSSR count). The Morgan fingerprint density at radius 1 is 0.913 bits per heavy atom. The zero-order valence-electron chi connectivity index (χ0n) is 13.4. The van der Waals surface area contributed by atoms with Crippen LogP contribution >= 0.6 is 0 Å². The molecule has 0 radical (unpaired) electrons. The average molecular weight is 308 g/mol. The Morgan fingerprint density at radius 2 is 1.35 bits per heavy atom. The van der Waals surface area contributed by atoms with Gasteiger partial charge in [0.05, 0.1) is 11.2 Å². The van der Waals surface area contributed by atoms with E-state index in [1.807, 2.05) is 24.3 Å². The van der Waals surface area contributed by atoms with Gasteiger partial charge in [-0.05, 0) is 42.2 Å². The molecule has 0 amide bonds. The van der Waals surface area contributed by atoms with Crippen LogP contribution in [0.1, 0.15) is 30.4 Å². The molecule has 1 fully saturated rings. The third-order valence-electron chi connectivity index (χ3n) is 6.33. The highest BCUT2D eigenvalue weighted by Crippen LogP contribution is 2.65. The topological polar surface area (TPSA) is 40.5 Å². The maximum atomic E-state index is 11.7. The predicted molar refractivity (Wildman–Crippen MR) is 91.6 cm³/mol. The maximum Gasteiger partial charge on any atom is 0.0972 e. The summed E-state index contributed by atoms with van der Waals surface area (Å²) in [4.78, 5) is 0. The zero-order chi connectivity index (χ0) is 16.2. The third-order valence-corrected chi connectivity index (χ3v) is 6.33. The summed E-state index contributed by atoms with van der Waals surface area (Å²) in [6.45, 7) is 7.73. The Bertz CT molecular complexity index is 634. The molecule has 0 saturated heterocycles. The summed E-state index contributed by atoms with van der Waals surface area (Å²) in [6, 6.07) is 7.84. The van der Waals surface area contributed by atoms with Gasteiger partial charge >= 0.3 is 0 Å². The Labute approximate surface area is 137 Å². The minimum absolute atomic E-state index is 0.0374. The monoisotopic (exact) mass is 308 g/mol. The number of hydrogen-bond donors (Lipinski definition) is 2. The number of allylic oxidation sites excluding steroid dienone is 2. The summed E-state index contributed by atoms with van der Waals surface area (Å²) >= 11 is 0. The van der Waals surface area contributed by atoms with Crippen LogP contribution in [0.5, 0.6) is 0 Å². The second kappa shape index (κ2) is 4.93. The minimum Gasteiger partial charge on any atom is -0.385 e. The predicted octanol–water partition coefficient (Wildman–Crippen LogP) is 3.67. The molecule has 2 nitrogen and oxygen atoms in total. The zero-order valence-corrected chi connectivity index (χ0v) is 13.4. The molecule has 0 unspecified atom stereocenters. The molecule has 0 spiro atoms. The first-order valence-corrected chi connectivity index (χ1v) is 8.51. The number of fused-ring (bicyclic) bond motifs is 6. The molecule has 23 heavy (non-hydrogen) atoms. The van der Waals surface area contributed by atoms with Gasteiger partial charge in [0.25, 0.3) is 0 Å². The van der Waals surface area contributed by atoms with Gasteiger partial charge in [0.2, 0.25) is 0 Å².